The van der Waals surface area contributed by atoms with E-state index in [-0.39, 0.29) is 16.7 Å². The van der Waals surface area contributed by atoms with Crippen LogP contribution in [0, 0.1) is 5.41 Å². The third kappa shape index (κ3) is 3.46. The topological polar surface area (TPSA) is 83.5 Å². The fourth-order valence-electron chi connectivity index (χ4n) is 3.29. The SMILES string of the molecule is CC(C)(C)[C@@H](c1ccc(C(F)(F)F)cc1)n1nc(CF)c2c(=O)[nH]c(=O)[nH]c21. The Balaban J connectivity index is 2.28. The van der Waals surface area contributed by atoms with Crippen molar-refractivity contribution < 1.29 is 17.6 Å². The predicted octanol–water partition coefficient (Wildman–Crippen LogP) is 3.54. The van der Waals surface area contributed by atoms with E-state index >= 15 is 0 Å². The number of nitrogens with zero attached hydrogens (tertiary/aromatic N) is 2. The molecular formula is C18H18F4N4O2. The number of hydrogen-bond acceptors (Lipinski definition) is 3. The molecule has 0 saturated carbocycles. The fourth-order valence-corrected chi connectivity index (χ4v) is 3.29. The third-order valence-corrected chi connectivity index (χ3v) is 4.41. The Bertz CT molecular complexity index is 1120. The molecule has 3 aromatic rings. The van der Waals surface area contributed by atoms with Crippen molar-refractivity contribution in [1.82, 2.24) is 19.7 Å². The number of fused-ring (bicyclic) bond motifs is 1. The number of H-pyrrole nitrogens is 2. The smallest absolute Gasteiger partial charge is 0.291 e. The molecular weight excluding hydrogens is 380 g/mol. The van der Waals surface area contributed by atoms with Crippen molar-refractivity contribution >= 4 is 11.0 Å². The first-order chi connectivity index (χ1) is 12.9. The molecule has 0 spiro atoms. The van der Waals surface area contributed by atoms with Crippen LogP contribution in [0.4, 0.5) is 17.6 Å². The Morgan fingerprint density at radius 1 is 1.07 bits per heavy atom. The number of aromatic nitrogens is 4. The molecule has 2 heterocycles. The van der Waals surface area contributed by atoms with Crippen molar-refractivity contribution in [3.05, 3.63) is 61.9 Å². The summed E-state index contributed by atoms with van der Waals surface area (Å²) in [4.78, 5) is 28.4. The molecule has 150 valence electrons. The van der Waals surface area contributed by atoms with E-state index in [0.29, 0.717) is 5.56 Å². The highest BCUT2D eigenvalue weighted by atomic mass is 19.4. The molecule has 0 saturated heterocycles. The lowest BCUT2D eigenvalue weighted by Crippen LogP contribution is -2.29. The summed E-state index contributed by atoms with van der Waals surface area (Å²) in [5.41, 5.74) is -2.64. The van der Waals surface area contributed by atoms with Crippen molar-refractivity contribution in [3.63, 3.8) is 0 Å². The Kier molecular flexibility index (Phi) is 4.68. The summed E-state index contributed by atoms with van der Waals surface area (Å²) in [6.45, 7) is 4.43. The minimum absolute atomic E-state index is 0.0150. The normalized spacial score (nSPS) is 13.8. The molecule has 0 aliphatic carbocycles. The number of rotatable bonds is 3. The second kappa shape index (κ2) is 6.61. The summed E-state index contributed by atoms with van der Waals surface area (Å²) in [5, 5.41) is 4.06. The number of nitrogens with one attached hydrogen (secondary N) is 2. The van der Waals surface area contributed by atoms with Gasteiger partial charge in [-0.25, -0.2) is 13.9 Å². The molecule has 2 aromatic heterocycles. The maximum Gasteiger partial charge on any atom is 0.416 e. The van der Waals surface area contributed by atoms with Gasteiger partial charge in [0.15, 0.2) is 0 Å². The molecule has 0 bridgehead atoms. The second-order valence-electron chi connectivity index (χ2n) is 7.55. The van der Waals surface area contributed by atoms with E-state index in [4.69, 9.17) is 0 Å². The lowest BCUT2D eigenvalue weighted by Gasteiger charge is -2.32. The molecule has 10 heteroatoms. The Hall–Kier alpha value is -2.91. The molecule has 6 nitrogen and oxygen atoms in total. The zero-order valence-corrected chi connectivity index (χ0v) is 15.3. The van der Waals surface area contributed by atoms with E-state index in [9.17, 15) is 27.2 Å². The molecule has 0 aliphatic rings. The maximum atomic E-state index is 13.5. The van der Waals surface area contributed by atoms with Gasteiger partial charge in [0.05, 0.1) is 11.6 Å². The van der Waals surface area contributed by atoms with Gasteiger partial charge in [-0.15, -0.1) is 0 Å². The quantitative estimate of drug-likeness (QED) is 0.662. The average molecular weight is 398 g/mol. The van der Waals surface area contributed by atoms with E-state index in [2.05, 4.69) is 10.1 Å². The summed E-state index contributed by atoms with van der Waals surface area (Å²) in [5.74, 6) is 0. The van der Waals surface area contributed by atoms with Crippen LogP contribution in [0.15, 0.2) is 33.9 Å². The summed E-state index contributed by atoms with van der Waals surface area (Å²) >= 11 is 0. The third-order valence-electron chi connectivity index (χ3n) is 4.41. The highest BCUT2D eigenvalue weighted by molar-refractivity contribution is 5.77. The van der Waals surface area contributed by atoms with E-state index < -0.39 is 41.1 Å². The summed E-state index contributed by atoms with van der Waals surface area (Å²) in [6.07, 6.45) is -4.48. The first-order valence-corrected chi connectivity index (χ1v) is 8.40. The Morgan fingerprint density at radius 2 is 1.68 bits per heavy atom. The van der Waals surface area contributed by atoms with Crippen LogP contribution >= 0.6 is 0 Å². The first-order valence-electron chi connectivity index (χ1n) is 8.40. The monoisotopic (exact) mass is 398 g/mol. The van der Waals surface area contributed by atoms with Crippen LogP contribution in [0.2, 0.25) is 0 Å². The van der Waals surface area contributed by atoms with Gasteiger partial charge in [0, 0.05) is 0 Å². The molecule has 0 radical (unpaired) electrons. The molecule has 0 fully saturated rings. The van der Waals surface area contributed by atoms with Crippen molar-refractivity contribution in [1.29, 1.82) is 0 Å². The molecule has 1 atom stereocenters. The lowest BCUT2D eigenvalue weighted by molar-refractivity contribution is -0.137. The standard InChI is InChI=1S/C18H18F4N4O2/c1-17(2,3)13(9-4-6-10(7-5-9)18(20,21)22)26-14-12(11(8-19)25-26)15(27)24-16(28)23-14/h4-7,13H,8H2,1-3H3,(H2,23,24,27,28)/t13-/m1/s1. The van der Waals surface area contributed by atoms with Gasteiger partial charge >= 0.3 is 11.9 Å². The van der Waals surface area contributed by atoms with Crippen LogP contribution in [0.1, 0.15) is 43.6 Å². The van der Waals surface area contributed by atoms with E-state index in [1.807, 2.05) is 25.8 Å². The largest absolute Gasteiger partial charge is 0.416 e. The molecule has 0 unspecified atom stereocenters. The van der Waals surface area contributed by atoms with Crippen molar-refractivity contribution in [2.24, 2.45) is 5.41 Å². The summed E-state index contributed by atoms with van der Waals surface area (Å²) in [6, 6.07) is 3.85. The van der Waals surface area contributed by atoms with Crippen LogP contribution in [-0.2, 0) is 12.9 Å². The van der Waals surface area contributed by atoms with Gasteiger partial charge in [0.25, 0.3) is 5.56 Å². The zero-order chi connectivity index (χ0) is 20.9. The highest BCUT2D eigenvalue weighted by Crippen LogP contribution is 2.39. The van der Waals surface area contributed by atoms with E-state index in [1.165, 1.54) is 16.8 Å². The fraction of sp³-hybridized carbons (Fsp3) is 0.389. The average Bonchev–Trinajstić information content (AvgIpc) is 2.92. The Morgan fingerprint density at radius 3 is 2.18 bits per heavy atom. The zero-order valence-electron chi connectivity index (χ0n) is 15.3. The Labute approximate surface area is 156 Å². The molecule has 0 amide bonds. The first kappa shape index (κ1) is 19.8. The molecule has 1 aromatic carbocycles. The number of aromatic amines is 2. The van der Waals surface area contributed by atoms with Crippen molar-refractivity contribution in [2.75, 3.05) is 0 Å². The van der Waals surface area contributed by atoms with Crippen LogP contribution < -0.4 is 11.2 Å². The van der Waals surface area contributed by atoms with Gasteiger partial charge in [-0.1, -0.05) is 32.9 Å². The van der Waals surface area contributed by atoms with Gasteiger partial charge in [0.1, 0.15) is 23.4 Å². The van der Waals surface area contributed by atoms with E-state index in [1.54, 1.807) is 0 Å². The maximum absolute atomic E-state index is 13.5. The number of benzene rings is 1. The van der Waals surface area contributed by atoms with Gasteiger partial charge in [-0.2, -0.15) is 18.3 Å². The predicted molar refractivity (Wildman–Crippen MR) is 94.8 cm³/mol. The van der Waals surface area contributed by atoms with Crippen LogP contribution in [0.5, 0.6) is 0 Å². The van der Waals surface area contributed by atoms with E-state index in [0.717, 1.165) is 12.1 Å². The summed E-state index contributed by atoms with van der Waals surface area (Å²) < 4.78 is 53.4. The minimum atomic E-state index is -4.48. The highest BCUT2D eigenvalue weighted by Gasteiger charge is 2.34. The number of hydrogen-bond donors (Lipinski definition) is 2. The molecule has 0 aliphatic heterocycles. The lowest BCUT2D eigenvalue weighted by atomic mass is 9.82. The minimum Gasteiger partial charge on any atom is -0.291 e. The van der Waals surface area contributed by atoms with Crippen LogP contribution in [-0.4, -0.2) is 19.7 Å². The van der Waals surface area contributed by atoms with Gasteiger partial charge in [0.2, 0.25) is 0 Å². The van der Waals surface area contributed by atoms with Gasteiger partial charge in [-0.05, 0) is 23.1 Å². The molecule has 28 heavy (non-hydrogen) atoms. The van der Waals surface area contributed by atoms with Crippen LogP contribution in [0.25, 0.3) is 11.0 Å². The second-order valence-corrected chi connectivity index (χ2v) is 7.55. The number of halogens is 4. The molecule has 3 rings (SSSR count). The van der Waals surface area contributed by atoms with Gasteiger partial charge in [-0.3, -0.25) is 14.8 Å². The molecule has 2 N–H and O–H groups in total. The van der Waals surface area contributed by atoms with Crippen LogP contribution in [0.3, 0.4) is 0 Å². The summed E-state index contributed by atoms with van der Waals surface area (Å²) in [7, 11) is 0. The number of alkyl halides is 4. The van der Waals surface area contributed by atoms with Gasteiger partial charge < -0.3 is 0 Å². The van der Waals surface area contributed by atoms with Crippen molar-refractivity contribution in [2.45, 2.75) is 39.7 Å². The van der Waals surface area contributed by atoms with Crippen molar-refractivity contribution in [3.8, 4) is 0 Å².